The van der Waals surface area contributed by atoms with Gasteiger partial charge in [0.2, 0.25) is 6.08 Å². The molecule has 0 aliphatic carbocycles. The summed E-state index contributed by atoms with van der Waals surface area (Å²) in [7, 11) is 1.88. The van der Waals surface area contributed by atoms with Crippen molar-refractivity contribution in [2.24, 2.45) is 4.99 Å². The normalized spacial score (nSPS) is 9.70. The molecule has 0 spiro atoms. The van der Waals surface area contributed by atoms with Gasteiger partial charge in [-0.1, -0.05) is 206 Å². The summed E-state index contributed by atoms with van der Waals surface area (Å²) in [6.07, 6.45) is -0.0749. The summed E-state index contributed by atoms with van der Waals surface area (Å²) in [5.74, 6) is -0.494. The van der Waals surface area contributed by atoms with Crippen LogP contribution in [0.5, 0.6) is 0 Å². The van der Waals surface area contributed by atoms with E-state index in [4.69, 9.17) is 9.47 Å². The van der Waals surface area contributed by atoms with Gasteiger partial charge in [0.25, 0.3) is 11.8 Å². The number of urea groups is 1. The van der Waals surface area contributed by atoms with Gasteiger partial charge >= 0.3 is 74.4 Å². The number of hydrogen-bond acceptors (Lipinski definition) is 11. The number of para-hydroxylation sites is 3. The number of isocyanates is 1. The summed E-state index contributed by atoms with van der Waals surface area (Å²) in [5, 5.41) is 10.9. The third kappa shape index (κ3) is 42.0. The van der Waals surface area contributed by atoms with Gasteiger partial charge in [-0.2, -0.15) is 9.69 Å². The van der Waals surface area contributed by atoms with Crippen molar-refractivity contribution >= 4 is 126 Å². The Kier molecular flexibility index (Phi) is 57.1. The average molecular weight is 1650 g/mol. The van der Waals surface area contributed by atoms with Gasteiger partial charge in [-0.05, 0) is 144 Å². The molecule has 0 saturated heterocycles. The number of hydrazine groups is 2. The molecule has 0 aliphatic rings. The van der Waals surface area contributed by atoms with Crippen LogP contribution < -0.4 is 61.5 Å². The van der Waals surface area contributed by atoms with E-state index in [-0.39, 0.29) is 5.69 Å². The predicted octanol–water partition coefficient (Wildman–Crippen LogP) is 14.1. The molecule has 502 valence electrons. The molecule has 5 N–H and O–H groups in total. The topological polar surface area (TPSA) is 235 Å². The van der Waals surface area contributed by atoms with E-state index in [1.807, 2.05) is 202 Å². The first-order chi connectivity index (χ1) is 43.6. The van der Waals surface area contributed by atoms with Gasteiger partial charge in [-0.15, -0.1) is 10.1 Å². The molecule has 0 radical (unpaired) electrons. The molecule has 24 heteroatoms. The van der Waals surface area contributed by atoms with Gasteiger partial charge in [0, 0.05) is 16.7 Å². The molecule has 0 saturated carbocycles. The minimum absolute atomic E-state index is 0.226. The fourth-order valence-electron chi connectivity index (χ4n) is 6.13. The first-order valence-corrected chi connectivity index (χ1v) is 46.8. The molecule has 3 unspecified atom stereocenters. The second-order valence-electron chi connectivity index (χ2n) is 17.7. The number of nitrogens with zero attached hydrogens (tertiary/aromatic N) is 4. The van der Waals surface area contributed by atoms with Crippen molar-refractivity contribution in [3.05, 3.63) is 185 Å². The standard InChI is InChI=1S/C20H24N3O4P.C15H14N3OP.C11H16N2O2.C9H8NO2P.6C2H6.I3/c1-20(2,3)27-19(26)22-23(15-10-6-5-7-11-15)18(25)21-17(24)14-9-8-12-16(13-14)28-4;1-20-13-9-5-6-11(10-13)14-16-15(19)18(17-14)12-7-3-2-4-8-12;1-11(2,3)15-10(14)13-12-9-7-5-4-6-8-9;1-13-8-4-2-3-7(5-8)9(12)10-6-11;6*1-2;1-3-2/h5-13,28H,1-4H3,(H,22,26)(H,21,24,25);2-10,20H,1H3,(H,16,17,19);4-8,12H,1-3H3,(H,13,14);2-5,13H,1H3;6*1-2H3;/q;;;;;;;;;;-1. The Labute approximate surface area is 577 Å². The molecule has 6 aromatic carbocycles. The number of benzene rings is 6. The minimum atomic E-state index is -0.812. The van der Waals surface area contributed by atoms with Crippen molar-refractivity contribution in [2.75, 3.05) is 30.4 Å². The van der Waals surface area contributed by atoms with Crippen molar-refractivity contribution < 1.29 is 51.5 Å². The number of ether oxygens (including phenoxy) is 2. The van der Waals surface area contributed by atoms with E-state index in [0.29, 0.717) is 53.1 Å². The monoisotopic (exact) mass is 1650 g/mol. The van der Waals surface area contributed by atoms with Crippen molar-refractivity contribution in [3.63, 3.8) is 0 Å². The molecule has 0 bridgehead atoms. The van der Waals surface area contributed by atoms with Crippen molar-refractivity contribution in [3.8, 4) is 17.1 Å². The van der Waals surface area contributed by atoms with Gasteiger partial charge in [0.15, 0.2) is 5.82 Å². The Hall–Kier alpha value is -5.93. The summed E-state index contributed by atoms with van der Waals surface area (Å²) >= 11 is 5.30. The summed E-state index contributed by atoms with van der Waals surface area (Å²) in [5.41, 5.74) is 9.80. The van der Waals surface area contributed by atoms with Crippen LogP contribution in [0.4, 0.5) is 25.8 Å². The number of hydrogen-bond donors (Lipinski definition) is 5. The zero-order chi connectivity index (χ0) is 70.4. The number of halogens is 3. The number of aliphatic imine (C=N–C) groups is 1. The van der Waals surface area contributed by atoms with E-state index in [1.165, 1.54) is 16.1 Å². The van der Waals surface area contributed by atoms with Gasteiger partial charge in [-0.3, -0.25) is 25.3 Å². The van der Waals surface area contributed by atoms with Gasteiger partial charge in [0.05, 0.1) is 17.1 Å². The van der Waals surface area contributed by atoms with E-state index in [9.17, 15) is 33.6 Å². The van der Waals surface area contributed by atoms with Crippen molar-refractivity contribution in [2.45, 2.75) is 136 Å². The number of carbonyl (C=O) groups excluding carboxylic acids is 6. The van der Waals surface area contributed by atoms with Crippen molar-refractivity contribution in [1.29, 1.82) is 0 Å². The predicted molar refractivity (Wildman–Crippen MR) is 403 cm³/mol. The van der Waals surface area contributed by atoms with E-state index in [0.717, 1.165) is 41.1 Å². The molecule has 91 heavy (non-hydrogen) atoms. The quantitative estimate of drug-likeness (QED) is 0.0284. The SMILES string of the molecule is CC.CC.CC.CC.CC.CC.CC(C)(C)OC(=O)NNc1ccccc1.CPc1cccc(-c2nn(-c3ccccc3)c(=O)[nH]2)c1.CPc1cccc(C(=O)N=C=O)c1.CPc1cccc(C(=O)NC(=O)N(NC(=O)OC(C)(C)C)c2ccccc2)c1.I[I-]I. The Morgan fingerprint density at radius 2 is 1.00 bits per heavy atom. The van der Waals surface area contributed by atoms with Crippen LogP contribution in [-0.4, -0.2) is 82.1 Å². The molecule has 18 nitrogen and oxygen atoms in total. The van der Waals surface area contributed by atoms with Crippen LogP contribution in [0.1, 0.15) is 145 Å². The number of aromatic nitrogens is 3. The number of nitrogens with one attached hydrogen (secondary N) is 5. The fraction of sp³-hybridized carbons (Fsp3) is 0.343. The zero-order valence-electron chi connectivity index (χ0n) is 56.7. The van der Waals surface area contributed by atoms with E-state index in [2.05, 4.69) is 92.7 Å². The molecule has 6 amide bonds. The maximum atomic E-state index is 12.7. The third-order valence-electron chi connectivity index (χ3n) is 9.52. The molecule has 0 fully saturated rings. The van der Waals surface area contributed by atoms with E-state index in [1.54, 1.807) is 87.5 Å². The van der Waals surface area contributed by atoms with Crippen LogP contribution in [0.3, 0.4) is 0 Å². The average Bonchev–Trinajstić information content (AvgIpc) is 1.79. The zero-order valence-corrected chi connectivity index (χ0v) is 66.2. The molecule has 1 aromatic heterocycles. The van der Waals surface area contributed by atoms with Crippen LogP contribution in [0.25, 0.3) is 17.1 Å². The van der Waals surface area contributed by atoms with Gasteiger partial charge in [0.1, 0.15) is 11.2 Å². The molecule has 7 aromatic rings. The summed E-state index contributed by atoms with van der Waals surface area (Å²) in [6, 6.07) is 48.6. The van der Waals surface area contributed by atoms with E-state index < -0.39 is 41.2 Å². The number of rotatable bonds is 10. The molecule has 1 heterocycles. The number of H-pyrrole nitrogens is 1. The van der Waals surface area contributed by atoms with Crippen LogP contribution in [0.2, 0.25) is 0 Å². The number of carbonyl (C=O) groups is 5. The van der Waals surface area contributed by atoms with Gasteiger partial charge in [-0.25, -0.2) is 34.8 Å². The molecular weight excluding hydrogens is 1550 g/mol. The summed E-state index contributed by atoms with van der Waals surface area (Å²) < 4.78 is 11.6. The molecule has 0 aliphatic heterocycles. The maximum absolute atomic E-state index is 12.7. The number of aromatic amines is 1. The van der Waals surface area contributed by atoms with Crippen molar-refractivity contribution in [1.82, 2.24) is 30.9 Å². The second kappa shape index (κ2) is 56.8. The third-order valence-corrected chi connectivity index (χ3v) is 12.2. The Bertz CT molecular complexity index is 3160. The molecule has 7 rings (SSSR count). The van der Waals surface area contributed by atoms with Crippen LogP contribution in [-0.2, 0) is 14.3 Å². The Balaban J connectivity index is -0.000000533. The number of anilines is 2. The van der Waals surface area contributed by atoms with Crippen LogP contribution >= 0.6 is 63.0 Å². The Morgan fingerprint density at radius 3 is 1.46 bits per heavy atom. The summed E-state index contributed by atoms with van der Waals surface area (Å²) in [6.45, 7) is 40.7. The number of amides is 6. The Morgan fingerprint density at radius 1 is 0.582 bits per heavy atom. The van der Waals surface area contributed by atoms with Crippen LogP contribution in [0.15, 0.2) is 174 Å². The number of imide groups is 1. The molecular formula is C67H98I3N9O9P3-. The fourth-order valence-corrected chi connectivity index (χ4v) is 7.81. The molecule has 3 atom stereocenters. The first-order valence-electron chi connectivity index (χ1n) is 29.7. The van der Waals surface area contributed by atoms with Crippen LogP contribution in [0, 0.1) is 0 Å². The summed E-state index contributed by atoms with van der Waals surface area (Å²) in [4.78, 5) is 87.3. The second-order valence-corrected chi connectivity index (χ2v) is 37.2. The van der Waals surface area contributed by atoms with E-state index >= 15 is 0 Å². The van der Waals surface area contributed by atoms with Gasteiger partial charge < -0.3 is 9.47 Å². The first kappa shape index (κ1) is 91.5.